The van der Waals surface area contributed by atoms with Crippen LogP contribution in [-0.4, -0.2) is 36.3 Å². The molecule has 1 aliphatic rings. The number of carbonyl (C=O) groups excluding carboxylic acids is 3. The van der Waals surface area contributed by atoms with Gasteiger partial charge in [-0.2, -0.15) is 0 Å². The Bertz CT molecular complexity index is 631. The Kier molecular flexibility index (Phi) is 6.66. The lowest BCUT2D eigenvalue weighted by Gasteiger charge is -2.09. The second kappa shape index (κ2) is 8.73. The standard InChI is InChI=1S/C17H22N2O4S/c1-11(2)18-17(22)19-15(20)9-23-16(21)10-24-14-7-6-12-4-3-5-13(12)8-14/h6-8,11H,3-5,9-10H2,1-2H3,(H2,18,19,20,22). The van der Waals surface area contributed by atoms with Crippen LogP contribution >= 0.6 is 11.8 Å². The van der Waals surface area contributed by atoms with Crippen LogP contribution in [0.2, 0.25) is 0 Å². The number of amides is 3. The highest BCUT2D eigenvalue weighted by molar-refractivity contribution is 8.00. The molecule has 0 spiro atoms. The maximum Gasteiger partial charge on any atom is 0.321 e. The molecule has 2 rings (SSSR count). The molecule has 0 saturated carbocycles. The second-order valence-corrected chi connectivity index (χ2v) is 6.96. The molecule has 24 heavy (non-hydrogen) atoms. The zero-order valence-corrected chi connectivity index (χ0v) is 14.7. The van der Waals surface area contributed by atoms with Gasteiger partial charge in [0.05, 0.1) is 5.75 Å². The molecule has 1 aromatic carbocycles. The molecule has 1 aliphatic carbocycles. The Balaban J connectivity index is 1.68. The second-order valence-electron chi connectivity index (χ2n) is 5.91. The summed E-state index contributed by atoms with van der Waals surface area (Å²) in [5, 5.41) is 4.61. The number of esters is 1. The number of hydrogen-bond donors (Lipinski definition) is 2. The largest absolute Gasteiger partial charge is 0.455 e. The summed E-state index contributed by atoms with van der Waals surface area (Å²) >= 11 is 1.38. The molecule has 0 fully saturated rings. The zero-order chi connectivity index (χ0) is 17.5. The molecule has 1 aromatic rings. The SMILES string of the molecule is CC(C)NC(=O)NC(=O)COC(=O)CSc1ccc2c(c1)CCC2. The van der Waals surface area contributed by atoms with E-state index in [0.717, 1.165) is 17.7 Å². The van der Waals surface area contributed by atoms with Crippen molar-refractivity contribution in [1.82, 2.24) is 10.6 Å². The van der Waals surface area contributed by atoms with E-state index in [4.69, 9.17) is 4.74 Å². The van der Waals surface area contributed by atoms with Gasteiger partial charge in [0.1, 0.15) is 0 Å². The van der Waals surface area contributed by atoms with Crippen LogP contribution in [-0.2, 0) is 27.2 Å². The summed E-state index contributed by atoms with van der Waals surface area (Å²) in [5.41, 5.74) is 2.74. The number of carbonyl (C=O) groups is 3. The summed E-state index contributed by atoms with van der Waals surface area (Å²) in [6, 6.07) is 5.55. The van der Waals surface area contributed by atoms with Gasteiger partial charge in [-0.25, -0.2) is 4.79 Å². The Morgan fingerprint density at radius 3 is 2.71 bits per heavy atom. The van der Waals surface area contributed by atoms with Gasteiger partial charge in [0.2, 0.25) is 0 Å². The number of urea groups is 1. The fraction of sp³-hybridized carbons (Fsp3) is 0.471. The molecule has 0 atom stereocenters. The van der Waals surface area contributed by atoms with Gasteiger partial charge in [0, 0.05) is 10.9 Å². The van der Waals surface area contributed by atoms with Crippen molar-refractivity contribution in [2.75, 3.05) is 12.4 Å². The molecule has 2 N–H and O–H groups in total. The molecule has 0 saturated heterocycles. The normalized spacial score (nSPS) is 12.6. The number of hydrogen-bond acceptors (Lipinski definition) is 5. The van der Waals surface area contributed by atoms with Crippen molar-refractivity contribution < 1.29 is 19.1 Å². The topological polar surface area (TPSA) is 84.5 Å². The van der Waals surface area contributed by atoms with E-state index in [0.29, 0.717) is 0 Å². The van der Waals surface area contributed by atoms with Gasteiger partial charge >= 0.3 is 12.0 Å². The van der Waals surface area contributed by atoms with E-state index in [9.17, 15) is 14.4 Å². The van der Waals surface area contributed by atoms with Crippen LogP contribution in [0.15, 0.2) is 23.1 Å². The van der Waals surface area contributed by atoms with Crippen molar-refractivity contribution in [3.05, 3.63) is 29.3 Å². The van der Waals surface area contributed by atoms with Gasteiger partial charge < -0.3 is 10.1 Å². The number of nitrogens with one attached hydrogen (secondary N) is 2. The predicted octanol–water partition coefficient (Wildman–Crippen LogP) is 2.04. The van der Waals surface area contributed by atoms with E-state index in [1.165, 1.54) is 29.3 Å². The smallest absolute Gasteiger partial charge is 0.321 e. The number of fused-ring (bicyclic) bond motifs is 1. The third-order valence-corrected chi connectivity index (χ3v) is 4.43. The summed E-state index contributed by atoms with van der Waals surface area (Å²) < 4.78 is 4.87. The average molecular weight is 350 g/mol. The zero-order valence-electron chi connectivity index (χ0n) is 13.9. The van der Waals surface area contributed by atoms with Gasteiger partial charge in [-0.3, -0.25) is 14.9 Å². The van der Waals surface area contributed by atoms with Crippen LogP contribution in [0.25, 0.3) is 0 Å². The van der Waals surface area contributed by atoms with Crippen LogP contribution in [0.3, 0.4) is 0 Å². The van der Waals surface area contributed by atoms with E-state index < -0.39 is 24.5 Å². The summed E-state index contributed by atoms with van der Waals surface area (Å²) in [5.74, 6) is -1.01. The highest BCUT2D eigenvalue weighted by Gasteiger charge is 2.13. The first kappa shape index (κ1) is 18.3. The van der Waals surface area contributed by atoms with E-state index in [1.807, 2.05) is 6.07 Å². The summed E-state index contributed by atoms with van der Waals surface area (Å²) in [7, 11) is 0. The van der Waals surface area contributed by atoms with Gasteiger partial charge in [0.15, 0.2) is 6.61 Å². The fourth-order valence-electron chi connectivity index (χ4n) is 2.43. The lowest BCUT2D eigenvalue weighted by Crippen LogP contribution is -2.44. The minimum atomic E-state index is -0.649. The third kappa shape index (κ3) is 5.88. The van der Waals surface area contributed by atoms with Crippen molar-refractivity contribution in [3.8, 4) is 0 Å². The molecular weight excluding hydrogens is 328 g/mol. The molecule has 130 valence electrons. The minimum absolute atomic E-state index is 0.0796. The van der Waals surface area contributed by atoms with Crippen molar-refractivity contribution in [3.63, 3.8) is 0 Å². The van der Waals surface area contributed by atoms with Crippen LogP contribution < -0.4 is 10.6 Å². The highest BCUT2D eigenvalue weighted by atomic mass is 32.2. The van der Waals surface area contributed by atoms with Crippen molar-refractivity contribution >= 4 is 29.7 Å². The van der Waals surface area contributed by atoms with Gasteiger partial charge in [-0.05, 0) is 56.4 Å². The third-order valence-electron chi connectivity index (χ3n) is 3.46. The number of aryl methyl sites for hydroxylation is 2. The quantitative estimate of drug-likeness (QED) is 0.606. The van der Waals surface area contributed by atoms with E-state index in [2.05, 4.69) is 22.8 Å². The number of thioether (sulfide) groups is 1. The molecular formula is C17H22N2O4S. The molecule has 0 aliphatic heterocycles. The number of benzene rings is 1. The van der Waals surface area contributed by atoms with Crippen LogP contribution in [0.4, 0.5) is 4.79 Å². The minimum Gasteiger partial charge on any atom is -0.455 e. The molecule has 0 radical (unpaired) electrons. The molecule has 3 amide bonds. The first-order valence-electron chi connectivity index (χ1n) is 7.94. The van der Waals surface area contributed by atoms with Gasteiger partial charge in [0.25, 0.3) is 5.91 Å². The molecule has 0 bridgehead atoms. The Morgan fingerprint density at radius 1 is 1.21 bits per heavy atom. The monoisotopic (exact) mass is 350 g/mol. The maximum atomic E-state index is 11.7. The first-order chi connectivity index (χ1) is 11.4. The number of rotatable bonds is 6. The van der Waals surface area contributed by atoms with Crippen molar-refractivity contribution in [2.24, 2.45) is 0 Å². The number of ether oxygens (including phenoxy) is 1. The molecule has 6 nitrogen and oxygen atoms in total. The molecule has 7 heteroatoms. The fourth-order valence-corrected chi connectivity index (χ4v) is 3.19. The summed E-state index contributed by atoms with van der Waals surface area (Å²) in [6.07, 6.45) is 3.40. The molecule has 0 heterocycles. The summed E-state index contributed by atoms with van der Waals surface area (Å²) in [6.45, 7) is 3.09. The van der Waals surface area contributed by atoms with E-state index >= 15 is 0 Å². The molecule has 0 aromatic heterocycles. The lowest BCUT2D eigenvalue weighted by molar-refractivity contribution is -0.145. The Morgan fingerprint density at radius 2 is 1.96 bits per heavy atom. The van der Waals surface area contributed by atoms with Crippen LogP contribution in [0, 0.1) is 0 Å². The summed E-state index contributed by atoms with van der Waals surface area (Å²) in [4.78, 5) is 35.5. The maximum absolute atomic E-state index is 11.7. The predicted molar refractivity (Wildman–Crippen MR) is 92.0 cm³/mol. The highest BCUT2D eigenvalue weighted by Crippen LogP contribution is 2.27. The Labute approximate surface area is 145 Å². The molecule has 0 unspecified atom stereocenters. The van der Waals surface area contributed by atoms with Gasteiger partial charge in [-0.15, -0.1) is 11.8 Å². The van der Waals surface area contributed by atoms with Crippen LogP contribution in [0.1, 0.15) is 31.4 Å². The van der Waals surface area contributed by atoms with Crippen molar-refractivity contribution in [1.29, 1.82) is 0 Å². The average Bonchev–Trinajstić information content (AvgIpc) is 2.97. The van der Waals surface area contributed by atoms with Crippen LogP contribution in [0.5, 0.6) is 0 Å². The van der Waals surface area contributed by atoms with Crippen molar-refractivity contribution in [2.45, 2.75) is 44.0 Å². The van der Waals surface area contributed by atoms with Gasteiger partial charge in [-0.1, -0.05) is 6.07 Å². The first-order valence-corrected chi connectivity index (χ1v) is 8.93. The lowest BCUT2D eigenvalue weighted by atomic mass is 10.1. The Hall–Kier alpha value is -2.02. The number of imide groups is 1. The van der Waals surface area contributed by atoms with E-state index in [1.54, 1.807) is 13.8 Å². The van der Waals surface area contributed by atoms with E-state index in [-0.39, 0.29) is 11.8 Å².